The summed E-state index contributed by atoms with van der Waals surface area (Å²) in [6, 6.07) is 6.58. The first-order chi connectivity index (χ1) is 10.5. The fourth-order valence-corrected chi connectivity index (χ4v) is 1.51. The average molecular weight is 325 g/mol. The van der Waals surface area contributed by atoms with Crippen LogP contribution in [0, 0.1) is 0 Å². The van der Waals surface area contributed by atoms with E-state index in [-0.39, 0.29) is 17.3 Å². The van der Waals surface area contributed by atoms with E-state index in [1.165, 1.54) is 7.11 Å². The van der Waals surface area contributed by atoms with E-state index in [0.717, 1.165) is 5.57 Å². The fraction of sp³-hybridized carbons (Fsp3) is 0.267. The molecule has 118 valence electrons. The number of rotatable bonds is 7. The average Bonchev–Trinajstić information content (AvgIpc) is 2.51. The minimum atomic E-state index is -0.782. The summed E-state index contributed by atoms with van der Waals surface area (Å²) in [5, 5.41) is 3.27. The van der Waals surface area contributed by atoms with Gasteiger partial charge in [0.15, 0.2) is 0 Å². The molecule has 0 aliphatic carbocycles. The number of hydrogen-bond donors (Lipinski definition) is 1. The van der Waals surface area contributed by atoms with Crippen molar-refractivity contribution in [2.45, 2.75) is 13.3 Å². The maximum absolute atomic E-state index is 12.0. The van der Waals surface area contributed by atoms with Crippen LogP contribution in [0.4, 0.5) is 5.69 Å². The van der Waals surface area contributed by atoms with E-state index in [1.807, 2.05) is 6.92 Å². The van der Waals surface area contributed by atoms with Crippen LogP contribution in [0.25, 0.3) is 0 Å². The molecular formula is C15H17ClN2O4. The Hall–Kier alpha value is -2.34. The van der Waals surface area contributed by atoms with Crippen molar-refractivity contribution in [2.24, 2.45) is 5.10 Å². The Bertz CT molecular complexity index is 599. The molecule has 0 atom stereocenters. The van der Waals surface area contributed by atoms with Gasteiger partial charge in [-0.1, -0.05) is 29.3 Å². The molecule has 0 aromatic heterocycles. The zero-order valence-electron chi connectivity index (χ0n) is 12.4. The molecule has 7 heteroatoms. The summed E-state index contributed by atoms with van der Waals surface area (Å²) in [4.78, 5) is 23.1. The monoisotopic (exact) mass is 324 g/mol. The number of halogens is 1. The van der Waals surface area contributed by atoms with Crippen molar-refractivity contribution in [3.63, 3.8) is 0 Å². The lowest BCUT2D eigenvalue weighted by Gasteiger charge is -2.09. The van der Waals surface area contributed by atoms with E-state index in [4.69, 9.17) is 16.3 Å². The summed E-state index contributed by atoms with van der Waals surface area (Å²) in [7, 11) is 1.19. The number of hydrogen-bond acceptors (Lipinski definition) is 6. The molecule has 0 aliphatic rings. The first-order valence-electron chi connectivity index (χ1n) is 6.43. The summed E-state index contributed by atoms with van der Waals surface area (Å²) in [5.41, 5.74) is 4.12. The van der Waals surface area contributed by atoms with E-state index < -0.39 is 11.9 Å². The number of benzene rings is 1. The van der Waals surface area contributed by atoms with Gasteiger partial charge in [-0.25, -0.2) is 9.59 Å². The first kappa shape index (κ1) is 17.7. The topological polar surface area (TPSA) is 77.0 Å². The van der Waals surface area contributed by atoms with Gasteiger partial charge in [-0.2, -0.15) is 5.10 Å². The van der Waals surface area contributed by atoms with Gasteiger partial charge in [-0.15, -0.1) is 6.58 Å². The highest BCUT2D eigenvalue weighted by Crippen LogP contribution is 2.16. The van der Waals surface area contributed by atoms with Gasteiger partial charge in [0.25, 0.3) is 0 Å². The number of anilines is 1. The van der Waals surface area contributed by atoms with Gasteiger partial charge in [0.1, 0.15) is 0 Å². The van der Waals surface area contributed by atoms with Crippen LogP contribution in [-0.2, 0) is 14.3 Å². The zero-order valence-corrected chi connectivity index (χ0v) is 13.1. The minimum absolute atomic E-state index is 0.245. The van der Waals surface area contributed by atoms with Gasteiger partial charge in [-0.05, 0) is 19.1 Å². The van der Waals surface area contributed by atoms with Gasteiger partial charge in [0, 0.05) is 6.42 Å². The lowest BCUT2D eigenvalue weighted by Crippen LogP contribution is -2.13. The van der Waals surface area contributed by atoms with Crippen LogP contribution in [0.15, 0.2) is 41.5 Å². The number of hydrazone groups is 1. The highest BCUT2D eigenvalue weighted by atomic mass is 35.5. The van der Waals surface area contributed by atoms with Crippen LogP contribution < -0.4 is 5.43 Å². The number of methoxy groups -OCH3 is 1. The number of carbonyl (C=O) groups excluding carboxylic acids is 2. The van der Waals surface area contributed by atoms with Gasteiger partial charge in [0.2, 0.25) is 5.17 Å². The molecule has 0 spiro atoms. The molecule has 0 aliphatic heterocycles. The molecule has 6 nitrogen and oxygen atoms in total. The lowest BCUT2D eigenvalue weighted by atomic mass is 10.2. The lowest BCUT2D eigenvalue weighted by molar-refractivity contribution is -0.132. The Kier molecular flexibility index (Phi) is 7.12. The van der Waals surface area contributed by atoms with Crippen molar-refractivity contribution in [3.8, 4) is 0 Å². The Morgan fingerprint density at radius 2 is 2.05 bits per heavy atom. The molecule has 0 bridgehead atoms. The zero-order chi connectivity index (χ0) is 16.5. The molecule has 1 rings (SSSR count). The van der Waals surface area contributed by atoms with Crippen LogP contribution in [-0.4, -0.2) is 30.8 Å². The number of nitrogens with zero attached hydrogens (tertiary/aromatic N) is 1. The number of carbonyl (C=O) groups is 2. The standard InChI is InChI=1S/C15H17ClN2O4/c1-10(2)8-9-22-14(19)11-6-4-5-7-12(11)17-18-13(16)15(20)21-3/h4-7,17H,1,8-9H2,2-3H3/b18-13+. The summed E-state index contributed by atoms with van der Waals surface area (Å²) >= 11 is 5.62. The summed E-state index contributed by atoms with van der Waals surface area (Å²) < 4.78 is 9.55. The number of para-hydroxylation sites is 1. The second-order valence-corrected chi connectivity index (χ2v) is 4.75. The molecular weight excluding hydrogens is 308 g/mol. The molecule has 1 N–H and O–H groups in total. The van der Waals surface area contributed by atoms with Crippen molar-refractivity contribution in [1.29, 1.82) is 0 Å². The van der Waals surface area contributed by atoms with E-state index in [9.17, 15) is 9.59 Å². The number of nitrogens with one attached hydrogen (secondary N) is 1. The third-order valence-electron chi connectivity index (χ3n) is 2.54. The van der Waals surface area contributed by atoms with Gasteiger partial charge < -0.3 is 9.47 Å². The summed E-state index contributed by atoms with van der Waals surface area (Å²) in [6.45, 7) is 5.83. The van der Waals surface area contributed by atoms with E-state index >= 15 is 0 Å². The molecule has 0 fully saturated rings. The quantitative estimate of drug-likeness (QED) is 0.361. The van der Waals surface area contributed by atoms with Gasteiger partial charge >= 0.3 is 11.9 Å². The highest BCUT2D eigenvalue weighted by molar-refractivity contribution is 6.82. The Morgan fingerprint density at radius 1 is 1.36 bits per heavy atom. The molecule has 0 radical (unpaired) electrons. The van der Waals surface area contributed by atoms with E-state index in [1.54, 1.807) is 24.3 Å². The molecule has 22 heavy (non-hydrogen) atoms. The van der Waals surface area contributed by atoms with Crippen molar-refractivity contribution in [1.82, 2.24) is 0 Å². The van der Waals surface area contributed by atoms with Crippen molar-refractivity contribution in [2.75, 3.05) is 19.1 Å². The van der Waals surface area contributed by atoms with Crippen LogP contribution in [0.2, 0.25) is 0 Å². The minimum Gasteiger partial charge on any atom is -0.464 e. The summed E-state index contributed by atoms with van der Waals surface area (Å²) in [5.74, 6) is -1.29. The predicted molar refractivity (Wildman–Crippen MR) is 85.1 cm³/mol. The van der Waals surface area contributed by atoms with Gasteiger partial charge in [0.05, 0.1) is 25.0 Å². The maximum atomic E-state index is 12.0. The molecule has 1 aromatic rings. The number of esters is 2. The molecule has 0 amide bonds. The van der Waals surface area contributed by atoms with Crippen molar-refractivity contribution in [3.05, 3.63) is 42.0 Å². The molecule has 0 saturated carbocycles. The molecule has 0 saturated heterocycles. The van der Waals surface area contributed by atoms with Crippen LogP contribution in [0.1, 0.15) is 23.7 Å². The Balaban J connectivity index is 2.79. The van der Waals surface area contributed by atoms with Gasteiger partial charge in [-0.3, -0.25) is 5.43 Å². The smallest absolute Gasteiger partial charge is 0.370 e. The first-order valence-corrected chi connectivity index (χ1v) is 6.81. The SMILES string of the molecule is C=C(C)CCOC(=O)c1ccccc1N/N=C(/Cl)C(=O)OC. The van der Waals surface area contributed by atoms with E-state index in [2.05, 4.69) is 21.8 Å². The van der Waals surface area contributed by atoms with E-state index in [0.29, 0.717) is 12.1 Å². The third kappa shape index (κ3) is 5.57. The normalized spacial score (nSPS) is 10.8. The molecule has 0 unspecified atom stereocenters. The summed E-state index contributed by atoms with van der Waals surface area (Å²) in [6.07, 6.45) is 0.591. The predicted octanol–water partition coefficient (Wildman–Crippen LogP) is 2.95. The molecule has 1 aromatic carbocycles. The third-order valence-corrected chi connectivity index (χ3v) is 2.78. The Morgan fingerprint density at radius 3 is 2.68 bits per heavy atom. The largest absolute Gasteiger partial charge is 0.464 e. The highest BCUT2D eigenvalue weighted by Gasteiger charge is 2.13. The second kappa shape index (κ2) is 8.84. The number of ether oxygens (including phenoxy) is 2. The van der Waals surface area contributed by atoms with Crippen LogP contribution in [0.5, 0.6) is 0 Å². The van der Waals surface area contributed by atoms with Crippen LogP contribution in [0.3, 0.4) is 0 Å². The van der Waals surface area contributed by atoms with Crippen LogP contribution >= 0.6 is 11.6 Å². The Labute approximate surface area is 133 Å². The second-order valence-electron chi connectivity index (χ2n) is 4.39. The molecule has 0 heterocycles. The maximum Gasteiger partial charge on any atom is 0.370 e. The van der Waals surface area contributed by atoms with Crippen molar-refractivity contribution >= 4 is 34.4 Å². The fourth-order valence-electron chi connectivity index (χ4n) is 1.39. The van der Waals surface area contributed by atoms with Crippen molar-refractivity contribution < 1.29 is 19.1 Å².